The van der Waals surface area contributed by atoms with Gasteiger partial charge < -0.3 is 29.0 Å². The van der Waals surface area contributed by atoms with E-state index in [-0.39, 0.29) is 24.7 Å². The van der Waals surface area contributed by atoms with Crippen molar-refractivity contribution in [2.24, 2.45) is 12.8 Å². The molecule has 5 heterocycles. The number of hydrogen-bond acceptors (Lipinski definition) is 7. The predicted molar refractivity (Wildman–Crippen MR) is 135 cm³/mol. The first-order chi connectivity index (χ1) is 18.4. The molecule has 196 valence electrons. The zero-order chi connectivity index (χ0) is 26.6. The number of imidazole rings is 1. The lowest BCUT2D eigenvalue weighted by molar-refractivity contribution is 0.0723. The van der Waals surface area contributed by atoms with Gasteiger partial charge in [0.25, 0.3) is 5.91 Å². The van der Waals surface area contributed by atoms with Gasteiger partial charge in [0.05, 0.1) is 48.4 Å². The molecular weight excluding hydrogens is 496 g/mol. The maximum Gasteiger partial charge on any atom is 0.255 e. The Balaban J connectivity index is 1.51. The van der Waals surface area contributed by atoms with E-state index in [9.17, 15) is 13.6 Å². The number of aryl methyl sites for hydroxylation is 1. The molecule has 0 aliphatic carbocycles. The summed E-state index contributed by atoms with van der Waals surface area (Å²) in [7, 11) is 3.27. The van der Waals surface area contributed by atoms with Crippen molar-refractivity contribution < 1.29 is 22.8 Å². The number of amides is 1. The highest BCUT2D eigenvalue weighted by Gasteiger charge is 2.29. The van der Waals surface area contributed by atoms with Crippen molar-refractivity contribution in [3.8, 4) is 17.3 Å². The molecule has 1 aliphatic rings. The number of nitrogens with two attached hydrogens (primary N) is 1. The number of alkyl halides is 1. The van der Waals surface area contributed by atoms with Crippen molar-refractivity contribution >= 4 is 28.0 Å². The number of pyridine rings is 1. The lowest BCUT2D eigenvalue weighted by Crippen LogP contribution is -2.45. The number of ether oxygens (including phenoxy) is 1. The summed E-state index contributed by atoms with van der Waals surface area (Å²) in [6.07, 6.45) is 2.07. The summed E-state index contributed by atoms with van der Waals surface area (Å²) in [5.74, 6) is 0.518. The lowest BCUT2D eigenvalue weighted by atomic mass is 10.0. The first kappa shape index (κ1) is 24.0. The van der Waals surface area contributed by atoms with E-state index >= 15 is 0 Å². The zero-order valence-electron chi connectivity index (χ0n) is 20.8. The average molecular weight is 522 g/mol. The lowest BCUT2D eigenvalue weighted by Gasteiger charge is -2.29. The Labute approximate surface area is 215 Å². The Kier molecular flexibility index (Phi) is 5.83. The van der Waals surface area contributed by atoms with Crippen LogP contribution in [0.4, 0.5) is 8.78 Å². The Morgan fingerprint density at radius 3 is 2.82 bits per heavy atom. The minimum absolute atomic E-state index is 0.109. The smallest absolute Gasteiger partial charge is 0.255 e. The van der Waals surface area contributed by atoms with Crippen LogP contribution in [0.25, 0.3) is 33.6 Å². The zero-order valence-corrected chi connectivity index (χ0v) is 20.8. The second kappa shape index (κ2) is 9.21. The Hall–Kier alpha value is -4.32. The fraction of sp³-hybridized carbons (Fsp3) is 0.308. The molecule has 38 heavy (non-hydrogen) atoms. The molecule has 2 N–H and O–H groups in total. The van der Waals surface area contributed by atoms with Crippen molar-refractivity contribution in [1.29, 1.82) is 0 Å². The van der Waals surface area contributed by atoms with Crippen LogP contribution in [-0.2, 0) is 20.0 Å². The number of nitrogens with zero attached hydrogens (tertiary/aromatic N) is 6. The number of aromatic nitrogens is 5. The average Bonchev–Trinajstić information content (AvgIpc) is 3.64. The maximum absolute atomic E-state index is 14.7. The molecule has 4 aromatic heterocycles. The number of halogens is 2. The van der Waals surface area contributed by atoms with Gasteiger partial charge in [0, 0.05) is 38.0 Å². The molecule has 0 fully saturated rings. The standard InChI is InChI=1S/C26H25F2N7O3/c1-33-24-20(10-17-19(31-24)6-8-34(26(17)36)12-15(29)11-27)32-25(33)21-9-14-3-4-18(28)23(37-2)22(14)35(21)13-16-5-7-30-38-16/h3-5,7,9-10,15H,6,8,11-13,29H2,1-2H3/t15-/m1/s1. The summed E-state index contributed by atoms with van der Waals surface area (Å²) >= 11 is 0. The topological polar surface area (TPSA) is 117 Å². The minimum Gasteiger partial charge on any atom is -0.492 e. The quantitative estimate of drug-likeness (QED) is 0.350. The van der Waals surface area contributed by atoms with Gasteiger partial charge in [0.15, 0.2) is 28.8 Å². The summed E-state index contributed by atoms with van der Waals surface area (Å²) in [5.41, 5.74) is 9.20. The third kappa shape index (κ3) is 3.79. The first-order valence-corrected chi connectivity index (χ1v) is 12.1. The van der Waals surface area contributed by atoms with Gasteiger partial charge >= 0.3 is 0 Å². The summed E-state index contributed by atoms with van der Waals surface area (Å²) in [4.78, 5) is 24.3. The van der Waals surface area contributed by atoms with Crippen LogP contribution in [0, 0.1) is 5.82 Å². The molecule has 0 saturated carbocycles. The second-order valence-corrected chi connectivity index (χ2v) is 9.35. The summed E-state index contributed by atoms with van der Waals surface area (Å²) in [6.45, 7) is 0.113. The fourth-order valence-electron chi connectivity index (χ4n) is 5.10. The van der Waals surface area contributed by atoms with E-state index in [0.29, 0.717) is 58.2 Å². The van der Waals surface area contributed by atoms with Crippen LogP contribution in [-0.4, -0.2) is 68.0 Å². The molecule has 1 atom stereocenters. The summed E-state index contributed by atoms with van der Waals surface area (Å²) in [5, 5.41) is 4.55. The van der Waals surface area contributed by atoms with E-state index in [1.165, 1.54) is 13.2 Å². The van der Waals surface area contributed by atoms with Gasteiger partial charge in [-0.3, -0.25) is 4.79 Å². The molecule has 0 unspecified atom stereocenters. The SMILES string of the molecule is COc1c(F)ccc2cc(-c3nc4cc5c(nc4n3C)CCN(C[C@H](N)CF)C5=O)n(Cc3ccno3)c12. The number of hydrogen-bond donors (Lipinski definition) is 1. The number of carbonyl (C=O) groups is 1. The van der Waals surface area contributed by atoms with E-state index in [2.05, 4.69) is 5.16 Å². The van der Waals surface area contributed by atoms with Crippen LogP contribution in [0.1, 0.15) is 21.8 Å². The van der Waals surface area contributed by atoms with Crippen molar-refractivity contribution in [2.45, 2.75) is 19.0 Å². The summed E-state index contributed by atoms with van der Waals surface area (Å²) in [6, 6.07) is 7.67. The Bertz CT molecular complexity index is 1680. The van der Waals surface area contributed by atoms with E-state index in [1.807, 2.05) is 22.2 Å². The van der Waals surface area contributed by atoms with E-state index in [4.69, 9.17) is 25.0 Å². The number of carbonyl (C=O) groups excluding carboxylic acids is 1. The molecule has 1 aliphatic heterocycles. The van der Waals surface area contributed by atoms with Crippen molar-refractivity contribution in [1.82, 2.24) is 29.2 Å². The highest BCUT2D eigenvalue weighted by atomic mass is 19.1. The van der Waals surface area contributed by atoms with Gasteiger partial charge in [-0.1, -0.05) is 5.16 Å². The molecule has 5 aromatic rings. The number of fused-ring (bicyclic) bond motifs is 3. The van der Waals surface area contributed by atoms with Crippen molar-refractivity contribution in [2.75, 3.05) is 26.9 Å². The molecule has 0 bridgehead atoms. The summed E-state index contributed by atoms with van der Waals surface area (Å²) < 4.78 is 42.1. The monoisotopic (exact) mass is 521 g/mol. The minimum atomic E-state index is -0.730. The van der Waals surface area contributed by atoms with E-state index in [1.54, 1.807) is 29.3 Å². The van der Waals surface area contributed by atoms with Gasteiger partial charge in [-0.2, -0.15) is 0 Å². The van der Waals surface area contributed by atoms with Crippen molar-refractivity contribution in [3.63, 3.8) is 0 Å². The van der Waals surface area contributed by atoms with E-state index in [0.717, 1.165) is 5.39 Å². The largest absolute Gasteiger partial charge is 0.492 e. The highest BCUT2D eigenvalue weighted by Crippen LogP contribution is 2.37. The molecule has 6 rings (SSSR count). The third-order valence-corrected chi connectivity index (χ3v) is 6.92. The second-order valence-electron chi connectivity index (χ2n) is 9.35. The van der Waals surface area contributed by atoms with Crippen LogP contribution in [0.3, 0.4) is 0 Å². The fourth-order valence-corrected chi connectivity index (χ4v) is 5.10. The third-order valence-electron chi connectivity index (χ3n) is 6.92. The van der Waals surface area contributed by atoms with Gasteiger partial charge in [-0.05, 0) is 24.3 Å². The van der Waals surface area contributed by atoms with Gasteiger partial charge in [0.2, 0.25) is 0 Å². The molecule has 0 radical (unpaired) electrons. The van der Waals surface area contributed by atoms with Crippen LogP contribution in [0.5, 0.6) is 5.75 Å². The number of methoxy groups -OCH3 is 1. The van der Waals surface area contributed by atoms with Crippen molar-refractivity contribution in [3.05, 3.63) is 59.4 Å². The molecule has 1 aromatic carbocycles. The van der Waals surface area contributed by atoms with Gasteiger partial charge in [-0.15, -0.1) is 0 Å². The van der Waals surface area contributed by atoms with Gasteiger partial charge in [0.1, 0.15) is 12.2 Å². The normalized spacial score (nSPS) is 14.4. The van der Waals surface area contributed by atoms with Crippen LogP contribution in [0.15, 0.2) is 41.1 Å². The highest BCUT2D eigenvalue weighted by molar-refractivity contribution is 5.99. The first-order valence-electron chi connectivity index (χ1n) is 12.1. The molecule has 0 spiro atoms. The molecule has 10 nitrogen and oxygen atoms in total. The Morgan fingerprint density at radius 1 is 1.24 bits per heavy atom. The van der Waals surface area contributed by atoms with E-state index < -0.39 is 18.5 Å². The maximum atomic E-state index is 14.7. The molecular formula is C26H25F2N7O3. The predicted octanol–water partition coefficient (Wildman–Crippen LogP) is 3.07. The van der Waals surface area contributed by atoms with Crippen LogP contribution < -0.4 is 10.5 Å². The molecule has 1 amide bonds. The molecule has 12 heteroatoms. The number of benzene rings is 1. The van der Waals surface area contributed by atoms with Crippen LogP contribution in [0.2, 0.25) is 0 Å². The van der Waals surface area contributed by atoms with Crippen LogP contribution >= 0.6 is 0 Å². The Morgan fingerprint density at radius 2 is 2.08 bits per heavy atom. The van der Waals surface area contributed by atoms with Gasteiger partial charge in [-0.25, -0.2) is 18.7 Å². The number of rotatable bonds is 7. The molecule has 0 saturated heterocycles.